The Bertz CT molecular complexity index is 1000. The van der Waals surface area contributed by atoms with Crippen molar-refractivity contribution in [2.75, 3.05) is 11.4 Å². The highest BCUT2D eigenvalue weighted by molar-refractivity contribution is 7.99. The molecule has 0 aliphatic carbocycles. The monoisotopic (exact) mass is 405 g/mol. The number of alkyl halides is 3. The van der Waals surface area contributed by atoms with E-state index in [4.69, 9.17) is 0 Å². The molecule has 146 valence electrons. The van der Waals surface area contributed by atoms with Crippen LogP contribution in [-0.4, -0.2) is 16.7 Å². The molecule has 4 rings (SSSR count). The van der Waals surface area contributed by atoms with Crippen LogP contribution >= 0.6 is 11.8 Å². The molecule has 0 amide bonds. The van der Waals surface area contributed by atoms with Gasteiger partial charge in [0.2, 0.25) is 5.82 Å². The van der Waals surface area contributed by atoms with E-state index in [1.54, 1.807) is 17.8 Å². The van der Waals surface area contributed by atoms with Gasteiger partial charge in [-0.3, -0.25) is 0 Å². The molecule has 0 bridgehead atoms. The zero-order chi connectivity index (χ0) is 19.9. The fourth-order valence-electron chi connectivity index (χ4n) is 3.19. The van der Waals surface area contributed by atoms with Crippen LogP contribution in [0.3, 0.4) is 0 Å². The molecule has 1 aliphatic heterocycles. The van der Waals surface area contributed by atoms with Crippen LogP contribution < -0.4 is 4.90 Å². The highest BCUT2D eigenvalue weighted by Crippen LogP contribution is 2.42. The van der Waals surface area contributed by atoms with Gasteiger partial charge >= 0.3 is 12.1 Å². The maximum atomic E-state index is 12.8. The van der Waals surface area contributed by atoms with Crippen LogP contribution in [-0.2, 0) is 12.7 Å². The highest BCUT2D eigenvalue weighted by atomic mass is 32.2. The van der Waals surface area contributed by atoms with E-state index in [2.05, 4.69) is 45.5 Å². The van der Waals surface area contributed by atoms with Gasteiger partial charge < -0.3 is 9.42 Å². The van der Waals surface area contributed by atoms with Gasteiger partial charge in [0.25, 0.3) is 0 Å². The second-order valence-electron chi connectivity index (χ2n) is 7.09. The molecule has 2 heterocycles. The molecule has 0 spiro atoms. The zero-order valence-corrected chi connectivity index (χ0v) is 16.1. The molecule has 1 aromatic heterocycles. The van der Waals surface area contributed by atoms with E-state index >= 15 is 0 Å². The average Bonchev–Trinajstić information content (AvgIpc) is 3.08. The third kappa shape index (κ3) is 3.73. The maximum absolute atomic E-state index is 12.8. The highest BCUT2D eigenvalue weighted by Gasteiger charge is 2.38. The van der Waals surface area contributed by atoms with Crippen LogP contribution in [0.15, 0.2) is 56.8 Å². The molecule has 0 atom stereocenters. The summed E-state index contributed by atoms with van der Waals surface area (Å²) in [6, 6.07) is 13.7. The molecule has 0 radical (unpaired) electrons. The fraction of sp³-hybridized carbons (Fsp3) is 0.300. The molecule has 2 aromatic carbocycles. The Morgan fingerprint density at radius 2 is 1.93 bits per heavy atom. The predicted molar refractivity (Wildman–Crippen MR) is 101 cm³/mol. The predicted octanol–water partition coefficient (Wildman–Crippen LogP) is 5.88. The number of hydrogen-bond acceptors (Lipinski definition) is 5. The topological polar surface area (TPSA) is 42.2 Å². The summed E-state index contributed by atoms with van der Waals surface area (Å²) in [6.07, 6.45) is -4.65. The van der Waals surface area contributed by atoms with E-state index in [1.165, 1.54) is 0 Å². The molecule has 0 fully saturated rings. The Morgan fingerprint density at radius 1 is 1.14 bits per heavy atom. The fourth-order valence-corrected chi connectivity index (χ4v) is 4.33. The zero-order valence-electron chi connectivity index (χ0n) is 15.3. The Balaban J connectivity index is 1.72. The van der Waals surface area contributed by atoms with E-state index in [0.717, 1.165) is 34.1 Å². The van der Waals surface area contributed by atoms with Gasteiger partial charge in [0.1, 0.15) is 0 Å². The van der Waals surface area contributed by atoms with Gasteiger partial charge in [-0.25, -0.2) is 0 Å². The molecular formula is C20H18F3N3OS. The first-order valence-corrected chi connectivity index (χ1v) is 9.69. The smallest absolute Gasteiger partial charge is 0.366 e. The lowest BCUT2D eigenvalue weighted by Crippen LogP contribution is -2.26. The Morgan fingerprint density at radius 3 is 2.64 bits per heavy atom. The van der Waals surface area contributed by atoms with Crippen LogP contribution in [0.5, 0.6) is 0 Å². The molecule has 8 heteroatoms. The number of halogens is 3. The summed E-state index contributed by atoms with van der Waals surface area (Å²) in [5, 5.41) is 3.50. The largest absolute Gasteiger partial charge is 0.471 e. The molecule has 3 aromatic rings. The van der Waals surface area contributed by atoms with Gasteiger partial charge in [0.05, 0.1) is 5.69 Å². The Hall–Kier alpha value is -2.48. The molecule has 28 heavy (non-hydrogen) atoms. The summed E-state index contributed by atoms with van der Waals surface area (Å²) in [6.45, 7) is 6.01. The number of para-hydroxylation sites is 1. The van der Waals surface area contributed by atoms with Crippen molar-refractivity contribution in [2.45, 2.75) is 36.4 Å². The van der Waals surface area contributed by atoms with Gasteiger partial charge in [0.15, 0.2) is 0 Å². The number of rotatable bonds is 3. The third-order valence-electron chi connectivity index (χ3n) is 4.37. The number of hydrogen-bond donors (Lipinski definition) is 0. The minimum Gasteiger partial charge on any atom is -0.366 e. The summed E-state index contributed by atoms with van der Waals surface area (Å²) in [4.78, 5) is 7.94. The quantitative estimate of drug-likeness (QED) is 0.544. The first-order chi connectivity index (χ1) is 13.3. The number of fused-ring (bicyclic) bond motifs is 2. The molecule has 0 saturated carbocycles. The SMILES string of the molecule is CC(C)CN1Cc2ccc(-c3noc(C(F)(F)F)n3)cc2Sc2ccccc21. The minimum absolute atomic E-state index is 0.0627. The van der Waals surface area contributed by atoms with Gasteiger partial charge in [0, 0.05) is 28.4 Å². The molecule has 0 unspecified atom stereocenters. The van der Waals surface area contributed by atoms with Crippen molar-refractivity contribution < 1.29 is 17.7 Å². The summed E-state index contributed by atoms with van der Waals surface area (Å²) in [5.41, 5.74) is 2.78. The van der Waals surface area contributed by atoms with Crippen molar-refractivity contribution >= 4 is 17.4 Å². The van der Waals surface area contributed by atoms with Crippen LogP contribution in [0.4, 0.5) is 18.9 Å². The van der Waals surface area contributed by atoms with Crippen molar-refractivity contribution in [3.63, 3.8) is 0 Å². The van der Waals surface area contributed by atoms with Gasteiger partial charge in [-0.15, -0.1) is 0 Å². The Labute approximate surface area is 164 Å². The molecule has 0 N–H and O–H groups in total. The lowest BCUT2D eigenvalue weighted by molar-refractivity contribution is -0.159. The van der Waals surface area contributed by atoms with Crippen LogP contribution in [0, 0.1) is 5.92 Å². The van der Waals surface area contributed by atoms with Gasteiger partial charge in [-0.1, -0.05) is 55.0 Å². The van der Waals surface area contributed by atoms with E-state index in [-0.39, 0.29) is 5.82 Å². The van der Waals surface area contributed by atoms with Crippen molar-refractivity contribution in [3.05, 3.63) is 53.9 Å². The van der Waals surface area contributed by atoms with E-state index in [9.17, 15) is 13.2 Å². The first kappa shape index (κ1) is 18.9. The van der Waals surface area contributed by atoms with Crippen molar-refractivity contribution in [1.82, 2.24) is 10.1 Å². The van der Waals surface area contributed by atoms with Crippen molar-refractivity contribution in [2.24, 2.45) is 5.92 Å². The maximum Gasteiger partial charge on any atom is 0.471 e. The van der Waals surface area contributed by atoms with Crippen LogP contribution in [0.2, 0.25) is 0 Å². The van der Waals surface area contributed by atoms with Crippen LogP contribution in [0.1, 0.15) is 25.3 Å². The molecular weight excluding hydrogens is 387 g/mol. The second-order valence-corrected chi connectivity index (χ2v) is 8.17. The lowest BCUT2D eigenvalue weighted by Gasteiger charge is -2.26. The average molecular weight is 405 g/mol. The summed E-state index contributed by atoms with van der Waals surface area (Å²) in [7, 11) is 0. The number of anilines is 1. The molecule has 4 nitrogen and oxygen atoms in total. The second kappa shape index (κ2) is 7.16. The number of nitrogens with zero attached hydrogens (tertiary/aromatic N) is 3. The normalized spacial score (nSPS) is 14.0. The minimum atomic E-state index is -4.65. The standard InChI is InChI=1S/C20H18F3N3OS/c1-12(2)10-26-11-14-8-7-13(18-24-19(27-25-18)20(21,22)23)9-17(14)28-16-6-4-3-5-15(16)26/h3-9,12H,10-11H2,1-2H3. The van der Waals surface area contributed by atoms with E-state index < -0.39 is 12.1 Å². The van der Waals surface area contributed by atoms with E-state index in [0.29, 0.717) is 11.5 Å². The Kier molecular flexibility index (Phi) is 4.82. The van der Waals surface area contributed by atoms with Crippen molar-refractivity contribution in [3.8, 4) is 11.4 Å². The lowest BCUT2D eigenvalue weighted by atomic mass is 10.1. The van der Waals surface area contributed by atoms with Crippen molar-refractivity contribution in [1.29, 1.82) is 0 Å². The molecule has 1 aliphatic rings. The number of aromatic nitrogens is 2. The summed E-state index contributed by atoms with van der Waals surface area (Å²) >= 11 is 1.61. The molecule has 0 saturated heterocycles. The summed E-state index contributed by atoms with van der Waals surface area (Å²) in [5.74, 6) is -0.898. The van der Waals surface area contributed by atoms with Gasteiger partial charge in [-0.2, -0.15) is 18.2 Å². The summed E-state index contributed by atoms with van der Waals surface area (Å²) < 4.78 is 42.6. The van der Waals surface area contributed by atoms with Crippen LogP contribution in [0.25, 0.3) is 11.4 Å². The number of benzene rings is 2. The third-order valence-corrected chi connectivity index (χ3v) is 5.53. The van der Waals surface area contributed by atoms with E-state index in [1.807, 2.05) is 24.3 Å². The first-order valence-electron chi connectivity index (χ1n) is 8.87. The van der Waals surface area contributed by atoms with Gasteiger partial charge in [-0.05, 0) is 29.7 Å².